The highest BCUT2D eigenvalue weighted by Gasteiger charge is 2.32. The molecule has 1 unspecified atom stereocenters. The maximum Gasteiger partial charge on any atom is 0.345 e. The third kappa shape index (κ3) is 2.51. The second-order valence-electron chi connectivity index (χ2n) is 3.54. The van der Waals surface area contributed by atoms with Crippen LogP contribution < -0.4 is 0 Å². The second kappa shape index (κ2) is 5.49. The third-order valence-electron chi connectivity index (χ3n) is 2.23. The van der Waals surface area contributed by atoms with Crippen LogP contribution in [0.25, 0.3) is 0 Å². The van der Waals surface area contributed by atoms with Crippen molar-refractivity contribution in [2.45, 2.75) is 20.8 Å². The number of esters is 1. The number of ketones is 1. The summed E-state index contributed by atoms with van der Waals surface area (Å²) in [5.74, 6) is -0.803. The molecule has 0 aliphatic carbocycles. The van der Waals surface area contributed by atoms with Gasteiger partial charge in [-0.15, -0.1) is 0 Å². The van der Waals surface area contributed by atoms with Crippen LogP contribution in [0.15, 0.2) is 23.5 Å². The predicted molar refractivity (Wildman–Crippen MR) is 58.6 cm³/mol. The lowest BCUT2D eigenvalue weighted by Gasteiger charge is -2.21. The van der Waals surface area contributed by atoms with E-state index in [1.54, 1.807) is 32.9 Å². The van der Waals surface area contributed by atoms with E-state index in [0.717, 1.165) is 0 Å². The molecule has 0 saturated carbocycles. The van der Waals surface area contributed by atoms with E-state index in [9.17, 15) is 9.59 Å². The summed E-state index contributed by atoms with van der Waals surface area (Å²) in [5, 5.41) is 0. The first-order valence-corrected chi connectivity index (χ1v) is 5.32. The van der Waals surface area contributed by atoms with Gasteiger partial charge >= 0.3 is 5.97 Å². The van der Waals surface area contributed by atoms with Crippen molar-refractivity contribution >= 4 is 11.8 Å². The third-order valence-corrected chi connectivity index (χ3v) is 2.23. The first-order chi connectivity index (χ1) is 7.61. The second-order valence-corrected chi connectivity index (χ2v) is 3.54. The molecule has 0 fully saturated rings. The Morgan fingerprint density at radius 2 is 2.31 bits per heavy atom. The van der Waals surface area contributed by atoms with Gasteiger partial charge < -0.3 is 9.47 Å². The van der Waals surface area contributed by atoms with Gasteiger partial charge in [0, 0.05) is 0 Å². The topological polar surface area (TPSA) is 52.6 Å². The average Bonchev–Trinajstić information content (AvgIpc) is 2.24. The Morgan fingerprint density at radius 3 is 2.88 bits per heavy atom. The zero-order valence-electron chi connectivity index (χ0n) is 9.78. The van der Waals surface area contributed by atoms with Crippen LogP contribution in [0, 0.1) is 5.92 Å². The number of carbonyl (C=O) groups excluding carboxylic acids is 2. The number of hydrogen-bond acceptors (Lipinski definition) is 4. The van der Waals surface area contributed by atoms with Crippen LogP contribution in [-0.2, 0) is 19.1 Å². The van der Waals surface area contributed by atoms with Gasteiger partial charge in [0.05, 0.1) is 19.1 Å². The van der Waals surface area contributed by atoms with Crippen molar-refractivity contribution in [1.82, 2.24) is 0 Å². The van der Waals surface area contributed by atoms with Crippen molar-refractivity contribution in [2.24, 2.45) is 5.92 Å². The van der Waals surface area contributed by atoms with E-state index in [1.165, 1.54) is 0 Å². The Morgan fingerprint density at radius 1 is 1.62 bits per heavy atom. The van der Waals surface area contributed by atoms with Gasteiger partial charge in [-0.25, -0.2) is 4.79 Å². The molecule has 0 aromatic heterocycles. The minimum atomic E-state index is -0.604. The highest BCUT2D eigenvalue weighted by atomic mass is 16.5. The Hall–Kier alpha value is -1.58. The number of rotatable bonds is 3. The fourth-order valence-corrected chi connectivity index (χ4v) is 1.42. The summed E-state index contributed by atoms with van der Waals surface area (Å²) in [5.41, 5.74) is 0.0266. The first-order valence-electron chi connectivity index (χ1n) is 5.32. The van der Waals surface area contributed by atoms with Crippen LogP contribution in [-0.4, -0.2) is 25.0 Å². The highest BCUT2D eigenvalue weighted by molar-refractivity contribution is 6.19. The smallest absolute Gasteiger partial charge is 0.345 e. The molecular weight excluding hydrogens is 208 g/mol. The number of hydrogen-bond donors (Lipinski definition) is 0. The molecule has 16 heavy (non-hydrogen) atoms. The number of allylic oxidation sites excluding steroid dienone is 2. The monoisotopic (exact) mass is 224 g/mol. The average molecular weight is 224 g/mol. The molecule has 1 aliphatic heterocycles. The largest absolute Gasteiger partial charge is 0.492 e. The normalized spacial score (nSPS) is 21.2. The molecule has 4 nitrogen and oxygen atoms in total. The predicted octanol–water partition coefficient (Wildman–Crippen LogP) is 1.62. The van der Waals surface area contributed by atoms with Gasteiger partial charge in [-0.05, 0) is 19.9 Å². The molecule has 0 radical (unpaired) electrons. The minimum absolute atomic E-state index is 0.0266. The van der Waals surface area contributed by atoms with Gasteiger partial charge in [0.25, 0.3) is 0 Å². The molecule has 0 saturated heterocycles. The van der Waals surface area contributed by atoms with Crippen molar-refractivity contribution in [2.75, 3.05) is 13.2 Å². The van der Waals surface area contributed by atoms with Crippen LogP contribution in [0.2, 0.25) is 0 Å². The summed E-state index contributed by atoms with van der Waals surface area (Å²) in [6.07, 6.45) is 3.33. The summed E-state index contributed by atoms with van der Waals surface area (Å²) < 4.78 is 10.2. The van der Waals surface area contributed by atoms with Crippen molar-refractivity contribution in [1.29, 1.82) is 0 Å². The summed E-state index contributed by atoms with van der Waals surface area (Å²) >= 11 is 0. The molecule has 0 spiro atoms. The lowest BCUT2D eigenvalue weighted by atomic mass is 9.96. The summed E-state index contributed by atoms with van der Waals surface area (Å²) in [7, 11) is 0. The summed E-state index contributed by atoms with van der Waals surface area (Å²) in [6.45, 7) is 5.77. The number of ether oxygens (including phenoxy) is 2. The van der Waals surface area contributed by atoms with Crippen LogP contribution in [0.1, 0.15) is 20.8 Å². The Bertz CT molecular complexity index is 352. The zero-order chi connectivity index (χ0) is 12.1. The first kappa shape index (κ1) is 12.5. The molecule has 0 N–H and O–H groups in total. The van der Waals surface area contributed by atoms with E-state index >= 15 is 0 Å². The van der Waals surface area contributed by atoms with Gasteiger partial charge in [-0.2, -0.15) is 0 Å². The SMILES string of the molecule is C/C=C/C1=C(C(=O)OCC)C(=O)C(C)CO1. The maximum absolute atomic E-state index is 11.9. The molecule has 1 atom stereocenters. The van der Waals surface area contributed by atoms with E-state index < -0.39 is 5.97 Å². The molecule has 0 bridgehead atoms. The van der Waals surface area contributed by atoms with Crippen LogP contribution in [0.3, 0.4) is 0 Å². The molecule has 0 amide bonds. The van der Waals surface area contributed by atoms with E-state index in [4.69, 9.17) is 9.47 Å². The van der Waals surface area contributed by atoms with Crippen molar-refractivity contribution in [3.63, 3.8) is 0 Å². The molecule has 0 aromatic carbocycles. The summed E-state index contributed by atoms with van der Waals surface area (Å²) in [4.78, 5) is 23.5. The van der Waals surface area contributed by atoms with Crippen molar-refractivity contribution < 1.29 is 19.1 Å². The van der Waals surface area contributed by atoms with Crippen molar-refractivity contribution in [3.05, 3.63) is 23.5 Å². The van der Waals surface area contributed by atoms with E-state index in [0.29, 0.717) is 12.4 Å². The zero-order valence-corrected chi connectivity index (χ0v) is 9.78. The lowest BCUT2D eigenvalue weighted by molar-refractivity contribution is -0.141. The molecule has 0 aromatic rings. The van der Waals surface area contributed by atoms with Gasteiger partial charge in [-0.3, -0.25) is 4.79 Å². The van der Waals surface area contributed by atoms with Crippen LogP contribution in [0.4, 0.5) is 0 Å². The Balaban J connectivity index is 3.09. The Kier molecular flexibility index (Phi) is 4.28. The fraction of sp³-hybridized carbons (Fsp3) is 0.500. The molecular formula is C12H16O4. The van der Waals surface area contributed by atoms with Gasteiger partial charge in [-0.1, -0.05) is 13.0 Å². The molecule has 88 valence electrons. The standard InChI is InChI=1S/C12H16O4/c1-4-6-9-10(12(14)15-5-2)11(13)8(3)7-16-9/h4,6,8H,5,7H2,1-3H3/b6-4+. The highest BCUT2D eigenvalue weighted by Crippen LogP contribution is 2.22. The fourth-order valence-electron chi connectivity index (χ4n) is 1.42. The number of Topliss-reactive ketones (excluding diaryl/α,β-unsaturated/α-hetero) is 1. The molecule has 1 rings (SSSR count). The molecule has 1 aliphatic rings. The van der Waals surface area contributed by atoms with E-state index in [2.05, 4.69) is 0 Å². The van der Waals surface area contributed by atoms with Gasteiger partial charge in [0.1, 0.15) is 11.3 Å². The quantitative estimate of drug-likeness (QED) is 0.540. The molecule has 4 heteroatoms. The maximum atomic E-state index is 11.9. The van der Waals surface area contributed by atoms with Crippen LogP contribution in [0.5, 0.6) is 0 Å². The Labute approximate surface area is 94.9 Å². The lowest BCUT2D eigenvalue weighted by Crippen LogP contribution is -2.30. The van der Waals surface area contributed by atoms with E-state index in [1.807, 2.05) is 0 Å². The van der Waals surface area contributed by atoms with E-state index in [-0.39, 0.29) is 23.9 Å². The summed E-state index contributed by atoms with van der Waals surface area (Å²) in [6, 6.07) is 0. The molecule has 1 heterocycles. The number of carbonyl (C=O) groups is 2. The van der Waals surface area contributed by atoms with Gasteiger partial charge in [0.2, 0.25) is 0 Å². The van der Waals surface area contributed by atoms with Crippen molar-refractivity contribution in [3.8, 4) is 0 Å². The minimum Gasteiger partial charge on any atom is -0.492 e. The van der Waals surface area contributed by atoms with Crippen LogP contribution >= 0.6 is 0 Å². The van der Waals surface area contributed by atoms with Gasteiger partial charge in [0.15, 0.2) is 5.78 Å².